The molecule has 1 unspecified atom stereocenters. The van der Waals surface area contributed by atoms with Crippen molar-refractivity contribution in [3.05, 3.63) is 24.3 Å². The summed E-state index contributed by atoms with van der Waals surface area (Å²) in [6.07, 6.45) is 1.84. The van der Waals surface area contributed by atoms with Crippen molar-refractivity contribution in [2.24, 2.45) is 0 Å². The molecule has 5 nitrogen and oxygen atoms in total. The first-order valence-electron chi connectivity index (χ1n) is 8.27. The highest BCUT2D eigenvalue weighted by atomic mass is 16.6. The molecule has 1 amide bonds. The number of hydrogen-bond donors (Lipinski definition) is 1. The number of likely N-dealkylation sites (tertiary alicyclic amines) is 1. The Kier molecular flexibility index (Phi) is 5.39. The van der Waals surface area contributed by atoms with Crippen LogP contribution in [0, 0.1) is 0 Å². The Morgan fingerprint density at radius 1 is 1.30 bits per heavy atom. The van der Waals surface area contributed by atoms with E-state index in [0.29, 0.717) is 0 Å². The highest BCUT2D eigenvalue weighted by Crippen LogP contribution is 2.22. The molecule has 1 aliphatic rings. The molecule has 1 fully saturated rings. The van der Waals surface area contributed by atoms with Gasteiger partial charge >= 0.3 is 6.09 Å². The fourth-order valence-corrected chi connectivity index (χ4v) is 2.72. The van der Waals surface area contributed by atoms with Crippen LogP contribution in [0.25, 0.3) is 0 Å². The van der Waals surface area contributed by atoms with Crippen molar-refractivity contribution in [1.82, 2.24) is 4.90 Å². The first-order chi connectivity index (χ1) is 10.8. The van der Waals surface area contributed by atoms with Crippen LogP contribution in [0.4, 0.5) is 16.2 Å². The van der Waals surface area contributed by atoms with Gasteiger partial charge in [0, 0.05) is 38.6 Å². The highest BCUT2D eigenvalue weighted by molar-refractivity contribution is 5.69. The summed E-state index contributed by atoms with van der Waals surface area (Å²) in [6, 6.07) is 8.51. The van der Waals surface area contributed by atoms with E-state index in [1.165, 1.54) is 5.69 Å². The molecule has 1 aliphatic heterocycles. The zero-order chi connectivity index (χ0) is 17.0. The first kappa shape index (κ1) is 17.4. The van der Waals surface area contributed by atoms with E-state index in [1.54, 1.807) is 0 Å². The molecule has 0 saturated carbocycles. The number of anilines is 2. The third kappa shape index (κ3) is 5.05. The monoisotopic (exact) mass is 319 g/mol. The SMILES string of the molecule is CN(C)c1ccc(NCC2CCCN2C(=O)OC(C)(C)C)cc1. The predicted molar refractivity (Wildman–Crippen MR) is 95.2 cm³/mol. The third-order valence-corrected chi connectivity index (χ3v) is 3.93. The lowest BCUT2D eigenvalue weighted by Gasteiger charge is -2.29. The van der Waals surface area contributed by atoms with E-state index >= 15 is 0 Å². The van der Waals surface area contributed by atoms with E-state index < -0.39 is 5.60 Å². The van der Waals surface area contributed by atoms with Crippen molar-refractivity contribution in [3.8, 4) is 0 Å². The number of hydrogen-bond acceptors (Lipinski definition) is 4. The first-order valence-corrected chi connectivity index (χ1v) is 8.27. The molecular weight excluding hydrogens is 290 g/mol. The quantitative estimate of drug-likeness (QED) is 0.921. The van der Waals surface area contributed by atoms with Crippen LogP contribution < -0.4 is 10.2 Å². The molecule has 0 radical (unpaired) electrons. The van der Waals surface area contributed by atoms with E-state index in [4.69, 9.17) is 4.74 Å². The van der Waals surface area contributed by atoms with Gasteiger partial charge in [-0.1, -0.05) is 0 Å². The van der Waals surface area contributed by atoms with Crippen molar-refractivity contribution in [2.45, 2.75) is 45.3 Å². The van der Waals surface area contributed by atoms with Crippen LogP contribution in [0.1, 0.15) is 33.6 Å². The van der Waals surface area contributed by atoms with Gasteiger partial charge in [-0.3, -0.25) is 0 Å². The summed E-state index contributed by atoms with van der Waals surface area (Å²) >= 11 is 0. The van der Waals surface area contributed by atoms with E-state index in [9.17, 15) is 4.79 Å². The molecule has 0 spiro atoms. The van der Waals surface area contributed by atoms with Gasteiger partial charge in [0.25, 0.3) is 0 Å². The zero-order valence-corrected chi connectivity index (χ0v) is 14.9. The van der Waals surface area contributed by atoms with E-state index in [0.717, 1.165) is 31.6 Å². The number of carbonyl (C=O) groups excluding carboxylic acids is 1. The van der Waals surface area contributed by atoms with E-state index in [-0.39, 0.29) is 12.1 Å². The minimum absolute atomic E-state index is 0.193. The van der Waals surface area contributed by atoms with Crippen molar-refractivity contribution < 1.29 is 9.53 Å². The lowest BCUT2D eigenvalue weighted by molar-refractivity contribution is 0.0235. The minimum atomic E-state index is -0.445. The fraction of sp³-hybridized carbons (Fsp3) is 0.611. The molecule has 1 N–H and O–H groups in total. The molecule has 0 aromatic heterocycles. The van der Waals surface area contributed by atoms with Crippen LogP contribution in [-0.2, 0) is 4.74 Å². The molecule has 2 rings (SSSR count). The number of amides is 1. The summed E-state index contributed by atoms with van der Waals surface area (Å²) in [5.74, 6) is 0. The minimum Gasteiger partial charge on any atom is -0.444 e. The van der Waals surface area contributed by atoms with Gasteiger partial charge in [0.15, 0.2) is 0 Å². The standard InChI is InChI=1S/C18H29N3O2/c1-18(2,3)23-17(22)21-12-6-7-16(21)13-19-14-8-10-15(11-9-14)20(4)5/h8-11,16,19H,6-7,12-13H2,1-5H3. The molecule has 1 heterocycles. The largest absolute Gasteiger partial charge is 0.444 e. The zero-order valence-electron chi connectivity index (χ0n) is 14.9. The lowest BCUT2D eigenvalue weighted by atomic mass is 10.2. The second-order valence-corrected chi connectivity index (χ2v) is 7.29. The summed E-state index contributed by atoms with van der Waals surface area (Å²) in [6.45, 7) is 7.24. The Morgan fingerprint density at radius 3 is 2.52 bits per heavy atom. The van der Waals surface area contributed by atoms with E-state index in [1.807, 2.05) is 39.8 Å². The molecule has 0 bridgehead atoms. The Labute approximate surface area is 139 Å². The Morgan fingerprint density at radius 2 is 1.96 bits per heavy atom. The summed E-state index contributed by atoms with van der Waals surface area (Å²) < 4.78 is 5.50. The van der Waals surface area contributed by atoms with Crippen LogP contribution in [0.3, 0.4) is 0 Å². The molecule has 1 aromatic carbocycles. The van der Waals surface area contributed by atoms with Gasteiger partial charge < -0.3 is 19.9 Å². The topological polar surface area (TPSA) is 44.8 Å². The van der Waals surface area contributed by atoms with Gasteiger partial charge in [-0.25, -0.2) is 4.79 Å². The second kappa shape index (κ2) is 7.11. The van der Waals surface area contributed by atoms with Crippen molar-refractivity contribution in [1.29, 1.82) is 0 Å². The molecule has 128 valence electrons. The number of nitrogens with zero attached hydrogens (tertiary/aromatic N) is 2. The van der Waals surface area contributed by atoms with Crippen LogP contribution in [0.2, 0.25) is 0 Å². The molecule has 1 atom stereocenters. The van der Waals surface area contributed by atoms with Gasteiger partial charge in [-0.05, 0) is 57.9 Å². The van der Waals surface area contributed by atoms with Gasteiger partial charge in [0.1, 0.15) is 5.60 Å². The summed E-state index contributed by atoms with van der Waals surface area (Å²) in [5.41, 5.74) is 1.80. The summed E-state index contributed by atoms with van der Waals surface area (Å²) in [4.78, 5) is 16.2. The predicted octanol–water partition coefficient (Wildman–Crippen LogP) is 3.56. The normalized spacial score (nSPS) is 18.0. The van der Waals surface area contributed by atoms with Crippen LogP contribution >= 0.6 is 0 Å². The molecule has 23 heavy (non-hydrogen) atoms. The van der Waals surface area contributed by atoms with Crippen molar-refractivity contribution in [2.75, 3.05) is 37.4 Å². The van der Waals surface area contributed by atoms with Crippen molar-refractivity contribution in [3.63, 3.8) is 0 Å². The Hall–Kier alpha value is -1.91. The smallest absolute Gasteiger partial charge is 0.410 e. The molecule has 5 heteroatoms. The van der Waals surface area contributed by atoms with E-state index in [2.05, 4.69) is 34.5 Å². The average Bonchev–Trinajstić information content (AvgIpc) is 2.92. The average molecular weight is 319 g/mol. The Bertz CT molecular complexity index is 520. The van der Waals surface area contributed by atoms with Gasteiger partial charge in [0.2, 0.25) is 0 Å². The van der Waals surface area contributed by atoms with Crippen LogP contribution in [0.15, 0.2) is 24.3 Å². The number of benzene rings is 1. The van der Waals surface area contributed by atoms with Crippen LogP contribution in [-0.4, -0.2) is 49.8 Å². The molecule has 1 saturated heterocycles. The molecule has 1 aromatic rings. The second-order valence-electron chi connectivity index (χ2n) is 7.29. The summed E-state index contributed by atoms with van der Waals surface area (Å²) in [7, 11) is 4.05. The molecule has 0 aliphatic carbocycles. The maximum Gasteiger partial charge on any atom is 0.410 e. The van der Waals surface area contributed by atoms with Crippen LogP contribution in [0.5, 0.6) is 0 Å². The number of rotatable bonds is 4. The van der Waals surface area contributed by atoms with Gasteiger partial charge in [0.05, 0.1) is 6.04 Å². The van der Waals surface area contributed by atoms with Gasteiger partial charge in [-0.2, -0.15) is 0 Å². The number of nitrogens with one attached hydrogen (secondary N) is 1. The molecular formula is C18H29N3O2. The van der Waals surface area contributed by atoms with Crippen molar-refractivity contribution >= 4 is 17.5 Å². The fourth-order valence-electron chi connectivity index (χ4n) is 2.72. The number of carbonyl (C=O) groups is 1. The maximum atomic E-state index is 12.3. The number of ether oxygens (including phenoxy) is 1. The van der Waals surface area contributed by atoms with Gasteiger partial charge in [-0.15, -0.1) is 0 Å². The lowest BCUT2D eigenvalue weighted by Crippen LogP contribution is -2.42. The summed E-state index contributed by atoms with van der Waals surface area (Å²) in [5, 5.41) is 3.43. The maximum absolute atomic E-state index is 12.3. The third-order valence-electron chi connectivity index (χ3n) is 3.93. The highest BCUT2D eigenvalue weighted by Gasteiger charge is 2.31. The Balaban J connectivity index is 1.90.